The number of imide groups is 1. The molecule has 0 saturated heterocycles. The zero-order valence-corrected chi connectivity index (χ0v) is 20.0. The monoisotopic (exact) mass is 483 g/mol. The summed E-state index contributed by atoms with van der Waals surface area (Å²) in [5.74, 6) is -1.76. The van der Waals surface area contributed by atoms with Gasteiger partial charge in [-0.25, -0.2) is 14.1 Å². The lowest BCUT2D eigenvalue weighted by molar-refractivity contribution is 0.0317. The first-order valence-electron chi connectivity index (χ1n) is 10.5. The summed E-state index contributed by atoms with van der Waals surface area (Å²) in [5.41, 5.74) is -1.19. The number of carbonyl (C=O) groups excluding carboxylic acids is 2. The van der Waals surface area contributed by atoms with Crippen molar-refractivity contribution in [1.82, 2.24) is 9.80 Å². The van der Waals surface area contributed by atoms with E-state index in [9.17, 15) is 14.0 Å². The van der Waals surface area contributed by atoms with E-state index in [0.29, 0.717) is 4.90 Å². The maximum Gasteiger partial charge on any atom is 0.421 e. The van der Waals surface area contributed by atoms with Gasteiger partial charge >= 0.3 is 6.09 Å². The Bertz CT molecular complexity index is 1060. The highest BCUT2D eigenvalue weighted by atomic mass is 19.1. The van der Waals surface area contributed by atoms with Crippen LogP contribution < -0.4 is 4.74 Å². The highest BCUT2D eigenvalue weighted by Gasteiger charge is 2.28. The number of nitrogens with one attached hydrogen (secondary N) is 3. The van der Waals surface area contributed by atoms with Gasteiger partial charge in [0.25, 0.3) is 5.91 Å². The van der Waals surface area contributed by atoms with E-state index in [2.05, 4.69) is 13.2 Å². The van der Waals surface area contributed by atoms with Crippen LogP contribution in [0.4, 0.5) is 9.18 Å². The van der Waals surface area contributed by atoms with Gasteiger partial charge < -0.3 is 14.4 Å². The third-order valence-electron chi connectivity index (χ3n) is 3.97. The Morgan fingerprint density at radius 1 is 1.14 bits per heavy atom. The van der Waals surface area contributed by atoms with E-state index in [4.69, 9.17) is 25.7 Å². The van der Waals surface area contributed by atoms with Crippen LogP contribution in [0, 0.1) is 22.0 Å². The van der Waals surface area contributed by atoms with Gasteiger partial charge in [0.1, 0.15) is 23.8 Å². The summed E-state index contributed by atoms with van der Waals surface area (Å²) in [7, 11) is 0. The molecule has 9 nitrogen and oxygen atoms in total. The van der Waals surface area contributed by atoms with E-state index in [-0.39, 0.29) is 36.0 Å². The molecule has 35 heavy (non-hydrogen) atoms. The fourth-order valence-corrected chi connectivity index (χ4v) is 2.46. The van der Waals surface area contributed by atoms with Crippen molar-refractivity contribution in [3.63, 3.8) is 0 Å². The third-order valence-corrected chi connectivity index (χ3v) is 3.97. The maximum atomic E-state index is 13.7. The molecule has 0 aliphatic heterocycles. The standard InChI is InChI=1S/C25H30FN5O4/c1-6-13-30(17-27)22(29)20(28)10-8-9-14-31(24(33)35-25(3,4)5)23(32)19-12-11-18(26)16-21(19)34-15-7-2/h6-12,14,16-17,27-29H,1-2,13,15H2,3-5H3/b10-8-,14-9+,27-17?,28-20?,29-22?. The minimum atomic E-state index is -0.977. The number of ether oxygens (including phenoxy) is 2. The molecule has 2 amide bonds. The number of halogens is 1. The van der Waals surface area contributed by atoms with Crippen LogP contribution >= 0.6 is 0 Å². The van der Waals surface area contributed by atoms with Gasteiger partial charge in [0, 0.05) is 18.8 Å². The summed E-state index contributed by atoms with van der Waals surface area (Å²) in [5, 5.41) is 23.2. The number of allylic oxidation sites excluding steroid dienone is 2. The molecule has 0 aliphatic carbocycles. The van der Waals surface area contributed by atoms with Crippen LogP contribution in [-0.4, -0.2) is 58.4 Å². The average Bonchev–Trinajstić information content (AvgIpc) is 2.78. The first-order valence-corrected chi connectivity index (χ1v) is 10.5. The molecule has 0 spiro atoms. The average molecular weight is 484 g/mol. The molecule has 0 saturated carbocycles. The van der Waals surface area contributed by atoms with Crippen molar-refractivity contribution in [3.8, 4) is 5.75 Å². The van der Waals surface area contributed by atoms with Crippen molar-refractivity contribution in [2.24, 2.45) is 0 Å². The highest BCUT2D eigenvalue weighted by molar-refractivity contribution is 6.44. The van der Waals surface area contributed by atoms with E-state index in [1.54, 1.807) is 20.8 Å². The van der Waals surface area contributed by atoms with E-state index >= 15 is 0 Å². The maximum absolute atomic E-state index is 13.7. The number of amides is 2. The van der Waals surface area contributed by atoms with Crippen molar-refractivity contribution in [3.05, 3.63) is 79.3 Å². The Hall–Kier alpha value is -4.34. The molecule has 1 aromatic rings. The number of rotatable bonds is 11. The molecule has 186 valence electrons. The highest BCUT2D eigenvalue weighted by Crippen LogP contribution is 2.23. The normalized spacial score (nSPS) is 11.1. The zero-order valence-electron chi connectivity index (χ0n) is 20.0. The molecule has 0 atom stereocenters. The minimum Gasteiger partial charge on any atom is -0.489 e. The number of carbonyl (C=O) groups is 2. The summed E-state index contributed by atoms with van der Waals surface area (Å²) in [6, 6.07) is 3.29. The topological polar surface area (TPSA) is 131 Å². The lowest BCUT2D eigenvalue weighted by atomic mass is 10.1. The zero-order chi connectivity index (χ0) is 26.6. The van der Waals surface area contributed by atoms with Gasteiger partial charge in [-0.2, -0.15) is 0 Å². The molecule has 0 aromatic heterocycles. The Kier molecular flexibility index (Phi) is 11.0. The van der Waals surface area contributed by atoms with Gasteiger partial charge in [-0.3, -0.25) is 21.0 Å². The van der Waals surface area contributed by atoms with Gasteiger partial charge in [0.05, 0.1) is 17.6 Å². The second-order valence-corrected chi connectivity index (χ2v) is 7.93. The molecule has 3 N–H and O–H groups in total. The number of amidine groups is 1. The van der Waals surface area contributed by atoms with Gasteiger partial charge in [-0.05, 0) is 45.1 Å². The summed E-state index contributed by atoms with van der Waals surface area (Å²) in [4.78, 5) is 27.9. The van der Waals surface area contributed by atoms with E-state index in [1.807, 2.05) is 0 Å². The Morgan fingerprint density at radius 3 is 2.40 bits per heavy atom. The molecule has 1 rings (SSSR count). The van der Waals surface area contributed by atoms with Crippen LogP contribution in [0.5, 0.6) is 5.75 Å². The van der Waals surface area contributed by atoms with Gasteiger partial charge in [-0.15, -0.1) is 6.58 Å². The lowest BCUT2D eigenvalue weighted by Crippen LogP contribution is -2.37. The van der Waals surface area contributed by atoms with Gasteiger partial charge in [0.15, 0.2) is 5.84 Å². The van der Waals surface area contributed by atoms with Crippen LogP contribution in [0.2, 0.25) is 0 Å². The van der Waals surface area contributed by atoms with Crippen LogP contribution in [0.25, 0.3) is 0 Å². The van der Waals surface area contributed by atoms with Crippen molar-refractivity contribution < 1.29 is 23.5 Å². The van der Waals surface area contributed by atoms with Crippen molar-refractivity contribution in [2.45, 2.75) is 26.4 Å². The first kappa shape index (κ1) is 28.7. The Morgan fingerprint density at radius 2 is 1.83 bits per heavy atom. The summed E-state index contributed by atoms with van der Waals surface area (Å²) in [6.07, 6.45) is 7.88. The van der Waals surface area contributed by atoms with E-state index in [1.165, 1.54) is 41.3 Å². The van der Waals surface area contributed by atoms with Crippen LogP contribution in [-0.2, 0) is 4.74 Å². The molecule has 0 fully saturated rings. The first-order chi connectivity index (χ1) is 16.4. The molecule has 0 aliphatic rings. The van der Waals surface area contributed by atoms with E-state index in [0.717, 1.165) is 24.7 Å². The number of nitrogens with zero attached hydrogens (tertiary/aromatic N) is 2. The molecular formula is C25H30FN5O4. The molecule has 0 radical (unpaired) electrons. The number of hydrogen-bond acceptors (Lipinski definition) is 7. The molecule has 10 heteroatoms. The van der Waals surface area contributed by atoms with Crippen molar-refractivity contribution in [1.29, 1.82) is 16.2 Å². The van der Waals surface area contributed by atoms with Gasteiger partial charge in [0.2, 0.25) is 0 Å². The number of hydrogen-bond donors (Lipinski definition) is 3. The predicted molar refractivity (Wildman–Crippen MR) is 134 cm³/mol. The minimum absolute atomic E-state index is 0.0153. The van der Waals surface area contributed by atoms with Crippen LogP contribution in [0.15, 0.2) is 67.9 Å². The SMILES string of the molecule is C=CCOc1cc(F)ccc1C(=O)N(/C=C/C=C\C(=N)C(=N)N(C=N)CC=C)C(=O)OC(C)(C)C. The molecule has 0 heterocycles. The lowest BCUT2D eigenvalue weighted by Gasteiger charge is -2.24. The Balaban J connectivity index is 3.24. The van der Waals surface area contributed by atoms with Crippen molar-refractivity contribution in [2.75, 3.05) is 13.2 Å². The molecule has 0 bridgehead atoms. The molecular weight excluding hydrogens is 453 g/mol. The largest absolute Gasteiger partial charge is 0.489 e. The fraction of sp³-hybridized carbons (Fsp3) is 0.240. The fourth-order valence-electron chi connectivity index (χ4n) is 2.46. The summed E-state index contributed by atoms with van der Waals surface area (Å²) < 4.78 is 24.4. The summed E-state index contributed by atoms with van der Waals surface area (Å²) in [6.45, 7) is 12.2. The second-order valence-electron chi connectivity index (χ2n) is 7.93. The second kappa shape index (κ2) is 13.4. The quantitative estimate of drug-likeness (QED) is 0.178. The third kappa shape index (κ3) is 9.20. The smallest absolute Gasteiger partial charge is 0.421 e. The van der Waals surface area contributed by atoms with Gasteiger partial charge in [-0.1, -0.05) is 24.8 Å². The molecule has 1 aromatic carbocycles. The van der Waals surface area contributed by atoms with E-state index < -0.39 is 23.4 Å². The summed E-state index contributed by atoms with van der Waals surface area (Å²) >= 11 is 0. The molecule has 0 unspecified atom stereocenters. The Labute approximate surface area is 204 Å². The van der Waals surface area contributed by atoms with Crippen molar-refractivity contribution >= 4 is 29.9 Å². The van der Waals surface area contributed by atoms with Crippen LogP contribution in [0.1, 0.15) is 31.1 Å². The van der Waals surface area contributed by atoms with Crippen LogP contribution in [0.3, 0.4) is 0 Å². The predicted octanol–water partition coefficient (Wildman–Crippen LogP) is 4.93. The number of benzene rings is 1.